The summed E-state index contributed by atoms with van der Waals surface area (Å²) in [5.41, 5.74) is 0. The fraction of sp³-hybridized carbons (Fsp3) is 1.00. The Kier molecular flexibility index (Phi) is 4.64. The normalized spacial score (nSPS) is 15.3. The Balaban J connectivity index is 3.52. The third-order valence-corrected chi connectivity index (χ3v) is 2.09. The van der Waals surface area contributed by atoms with Gasteiger partial charge in [-0.1, -0.05) is 29.5 Å². The Morgan fingerprint density at radius 2 is 1.90 bits per heavy atom. The maximum Gasteiger partial charge on any atom is 0.391 e. The molecular formula is C6H10F3I. The van der Waals surface area contributed by atoms with E-state index in [2.05, 4.69) is 22.6 Å². The number of hydrogen-bond acceptors (Lipinski definition) is 0. The summed E-state index contributed by atoms with van der Waals surface area (Å²) in [6.45, 7) is 1.23. The van der Waals surface area contributed by atoms with Crippen LogP contribution in [0.5, 0.6) is 0 Å². The minimum Gasteiger partial charge on any atom is -0.171 e. The summed E-state index contributed by atoms with van der Waals surface area (Å²) in [5.74, 6) is -1.14. The average Bonchev–Trinajstić information content (AvgIpc) is 1.80. The molecule has 1 unspecified atom stereocenters. The third kappa shape index (κ3) is 4.35. The molecule has 0 aliphatic rings. The highest BCUT2D eigenvalue weighted by Crippen LogP contribution is 2.29. The topological polar surface area (TPSA) is 0 Å². The van der Waals surface area contributed by atoms with Gasteiger partial charge in [0.25, 0.3) is 0 Å². The second-order valence-electron chi connectivity index (χ2n) is 2.27. The minimum absolute atomic E-state index is 0.256. The van der Waals surface area contributed by atoms with Gasteiger partial charge in [-0.3, -0.25) is 0 Å². The van der Waals surface area contributed by atoms with Gasteiger partial charge in [-0.05, 0) is 17.3 Å². The first-order valence-electron chi connectivity index (χ1n) is 3.11. The number of hydrogen-bond donors (Lipinski definition) is 0. The van der Waals surface area contributed by atoms with Crippen LogP contribution in [0.3, 0.4) is 0 Å². The summed E-state index contributed by atoms with van der Waals surface area (Å²) in [5, 5.41) is 0. The smallest absolute Gasteiger partial charge is 0.171 e. The van der Waals surface area contributed by atoms with Gasteiger partial charge in [0.05, 0.1) is 5.92 Å². The van der Waals surface area contributed by atoms with E-state index >= 15 is 0 Å². The number of rotatable bonds is 3. The van der Waals surface area contributed by atoms with Crippen molar-refractivity contribution in [2.45, 2.75) is 25.9 Å². The standard InChI is InChI=1S/C6H10F3I/c1-5(3-2-4-10)6(7,8)9/h5H,2-4H2,1H3. The molecule has 0 nitrogen and oxygen atoms in total. The first-order chi connectivity index (χ1) is 4.48. The largest absolute Gasteiger partial charge is 0.391 e. The van der Waals surface area contributed by atoms with Gasteiger partial charge in [0, 0.05) is 0 Å². The predicted molar refractivity (Wildman–Crippen MR) is 43.3 cm³/mol. The van der Waals surface area contributed by atoms with Crippen LogP contribution in [0.25, 0.3) is 0 Å². The molecule has 0 fully saturated rings. The monoisotopic (exact) mass is 266 g/mol. The van der Waals surface area contributed by atoms with Crippen LogP contribution in [0.1, 0.15) is 19.8 Å². The van der Waals surface area contributed by atoms with Crippen LogP contribution in [-0.2, 0) is 0 Å². The van der Waals surface area contributed by atoms with Crippen molar-refractivity contribution in [3.63, 3.8) is 0 Å². The Morgan fingerprint density at radius 3 is 2.20 bits per heavy atom. The van der Waals surface area contributed by atoms with E-state index in [-0.39, 0.29) is 6.42 Å². The summed E-state index contributed by atoms with van der Waals surface area (Å²) in [4.78, 5) is 0. The van der Waals surface area contributed by atoms with E-state index in [0.717, 1.165) is 4.43 Å². The lowest BCUT2D eigenvalue weighted by molar-refractivity contribution is -0.171. The van der Waals surface area contributed by atoms with E-state index in [1.54, 1.807) is 0 Å². The zero-order chi connectivity index (χ0) is 8.20. The summed E-state index contributed by atoms with van der Waals surface area (Å²) < 4.78 is 36.1. The molecule has 0 N–H and O–H groups in total. The predicted octanol–water partition coefficient (Wildman–Crippen LogP) is 3.40. The molecule has 0 aromatic carbocycles. The lowest BCUT2D eigenvalue weighted by Crippen LogP contribution is -2.19. The lowest BCUT2D eigenvalue weighted by Gasteiger charge is -2.13. The zero-order valence-corrected chi connectivity index (χ0v) is 7.87. The Labute approximate surface area is 72.3 Å². The molecule has 0 aromatic heterocycles. The first kappa shape index (κ1) is 10.5. The van der Waals surface area contributed by atoms with Crippen molar-refractivity contribution in [3.8, 4) is 0 Å². The first-order valence-corrected chi connectivity index (χ1v) is 4.63. The van der Waals surface area contributed by atoms with E-state index < -0.39 is 12.1 Å². The average molecular weight is 266 g/mol. The maximum absolute atomic E-state index is 11.8. The van der Waals surface area contributed by atoms with Gasteiger partial charge in [-0.2, -0.15) is 13.2 Å². The van der Waals surface area contributed by atoms with Crippen molar-refractivity contribution in [1.29, 1.82) is 0 Å². The number of halogens is 4. The molecular weight excluding hydrogens is 256 g/mol. The molecule has 0 bridgehead atoms. The summed E-state index contributed by atoms with van der Waals surface area (Å²) in [7, 11) is 0. The van der Waals surface area contributed by atoms with Crippen molar-refractivity contribution in [1.82, 2.24) is 0 Å². The Bertz CT molecular complexity index is 89.5. The minimum atomic E-state index is -3.99. The second-order valence-corrected chi connectivity index (χ2v) is 3.35. The van der Waals surface area contributed by atoms with Crippen molar-refractivity contribution >= 4 is 22.6 Å². The van der Waals surface area contributed by atoms with E-state index in [9.17, 15) is 13.2 Å². The lowest BCUT2D eigenvalue weighted by atomic mass is 10.1. The van der Waals surface area contributed by atoms with Crippen LogP contribution in [0, 0.1) is 5.92 Å². The van der Waals surface area contributed by atoms with Gasteiger partial charge in [0.15, 0.2) is 0 Å². The van der Waals surface area contributed by atoms with Gasteiger partial charge in [-0.25, -0.2) is 0 Å². The highest BCUT2D eigenvalue weighted by molar-refractivity contribution is 14.1. The quantitative estimate of drug-likeness (QED) is 0.542. The molecule has 4 heteroatoms. The third-order valence-electron chi connectivity index (χ3n) is 1.33. The van der Waals surface area contributed by atoms with Crippen LogP contribution >= 0.6 is 22.6 Å². The molecule has 62 valence electrons. The molecule has 0 rings (SSSR count). The number of alkyl halides is 4. The second kappa shape index (κ2) is 4.41. The molecule has 0 saturated heterocycles. The van der Waals surface area contributed by atoms with Crippen molar-refractivity contribution in [2.75, 3.05) is 4.43 Å². The van der Waals surface area contributed by atoms with E-state index in [4.69, 9.17) is 0 Å². The van der Waals surface area contributed by atoms with Crippen molar-refractivity contribution in [3.05, 3.63) is 0 Å². The zero-order valence-electron chi connectivity index (χ0n) is 5.71. The van der Waals surface area contributed by atoms with E-state index in [0.29, 0.717) is 6.42 Å². The highest BCUT2D eigenvalue weighted by Gasteiger charge is 2.34. The molecule has 0 heterocycles. The Hall–Kier alpha value is 0.520. The molecule has 0 aromatic rings. The highest BCUT2D eigenvalue weighted by atomic mass is 127. The summed E-state index contributed by atoms with van der Waals surface area (Å²) in [6.07, 6.45) is -3.08. The van der Waals surface area contributed by atoms with E-state index in [1.807, 2.05) is 0 Å². The van der Waals surface area contributed by atoms with Gasteiger partial charge >= 0.3 is 6.18 Å². The van der Waals surface area contributed by atoms with Crippen LogP contribution in [-0.4, -0.2) is 10.6 Å². The molecule has 10 heavy (non-hydrogen) atoms. The molecule has 1 atom stereocenters. The van der Waals surface area contributed by atoms with Crippen LogP contribution in [0.2, 0.25) is 0 Å². The Morgan fingerprint density at radius 1 is 1.40 bits per heavy atom. The molecule has 0 aliphatic heterocycles. The fourth-order valence-electron chi connectivity index (χ4n) is 0.547. The van der Waals surface area contributed by atoms with E-state index in [1.165, 1.54) is 6.92 Å². The van der Waals surface area contributed by atoms with Crippen LogP contribution in [0.4, 0.5) is 13.2 Å². The van der Waals surface area contributed by atoms with Gasteiger partial charge in [0.2, 0.25) is 0 Å². The van der Waals surface area contributed by atoms with Crippen molar-refractivity contribution in [2.24, 2.45) is 5.92 Å². The van der Waals surface area contributed by atoms with Crippen LogP contribution < -0.4 is 0 Å². The molecule has 0 saturated carbocycles. The fourth-order valence-corrected chi connectivity index (χ4v) is 0.987. The van der Waals surface area contributed by atoms with Gasteiger partial charge < -0.3 is 0 Å². The van der Waals surface area contributed by atoms with Gasteiger partial charge in [-0.15, -0.1) is 0 Å². The molecule has 0 aliphatic carbocycles. The summed E-state index contributed by atoms with van der Waals surface area (Å²) >= 11 is 2.08. The summed E-state index contributed by atoms with van der Waals surface area (Å²) in [6, 6.07) is 0. The maximum atomic E-state index is 11.8. The SMILES string of the molecule is CC(CCCI)C(F)(F)F. The van der Waals surface area contributed by atoms with Gasteiger partial charge in [0.1, 0.15) is 0 Å². The molecule has 0 spiro atoms. The van der Waals surface area contributed by atoms with Crippen molar-refractivity contribution < 1.29 is 13.2 Å². The van der Waals surface area contributed by atoms with Crippen LogP contribution in [0.15, 0.2) is 0 Å². The molecule has 0 amide bonds. The molecule has 0 radical (unpaired) electrons.